The molecule has 3 N–H and O–H groups in total. The van der Waals surface area contributed by atoms with Crippen LogP contribution in [0.25, 0.3) is 10.4 Å². The molecule has 4 nitrogen and oxygen atoms in total. The van der Waals surface area contributed by atoms with Gasteiger partial charge in [-0.1, -0.05) is 18.2 Å². The third-order valence-electron chi connectivity index (χ3n) is 4.30. The molecule has 0 radical (unpaired) electrons. The number of carbonyl (C=O) groups is 1. The van der Waals surface area contributed by atoms with E-state index in [1.54, 1.807) is 17.6 Å². The summed E-state index contributed by atoms with van der Waals surface area (Å²) in [7, 11) is 0. The van der Waals surface area contributed by atoms with Crippen molar-refractivity contribution in [3.63, 3.8) is 0 Å². The molecule has 0 spiro atoms. The first-order chi connectivity index (χ1) is 12.2. The third-order valence-corrected chi connectivity index (χ3v) is 5.22. The first-order valence-corrected chi connectivity index (χ1v) is 8.94. The van der Waals surface area contributed by atoms with Gasteiger partial charge >= 0.3 is 0 Å². The number of fused-ring (bicyclic) bond motifs is 1. The Labute approximate surface area is 150 Å². The summed E-state index contributed by atoms with van der Waals surface area (Å²) < 4.78 is 0. The number of rotatable bonds is 4. The fourth-order valence-electron chi connectivity index (χ4n) is 2.90. The monoisotopic (exact) mass is 347 g/mol. The van der Waals surface area contributed by atoms with Crippen molar-refractivity contribution in [1.82, 2.24) is 5.32 Å². The highest BCUT2D eigenvalue weighted by molar-refractivity contribution is 7.13. The van der Waals surface area contributed by atoms with E-state index in [0.29, 0.717) is 17.8 Å². The molecule has 2 aromatic rings. The Morgan fingerprint density at radius 1 is 1.32 bits per heavy atom. The number of carbonyl (C=O) groups excluding carboxylic acids is 1. The molecule has 1 aliphatic carbocycles. The molecule has 4 rings (SSSR count). The Bertz CT molecular complexity index is 949. The number of thiophene rings is 1. The van der Waals surface area contributed by atoms with Crippen LogP contribution >= 0.6 is 11.3 Å². The van der Waals surface area contributed by atoms with Gasteiger partial charge in [-0.25, -0.2) is 0 Å². The van der Waals surface area contributed by atoms with E-state index in [0.717, 1.165) is 28.8 Å². The maximum atomic E-state index is 12.5. The molecule has 0 atom stereocenters. The number of benzene rings is 1. The molecule has 5 heteroatoms. The lowest BCUT2D eigenvalue weighted by molar-refractivity contribution is -0.117. The number of amides is 1. The molecule has 1 amide bonds. The van der Waals surface area contributed by atoms with Gasteiger partial charge in [-0.2, -0.15) is 0 Å². The summed E-state index contributed by atoms with van der Waals surface area (Å²) in [5, 5.41) is 5.01. The van der Waals surface area contributed by atoms with Gasteiger partial charge in [0.2, 0.25) is 0 Å². The van der Waals surface area contributed by atoms with Crippen LogP contribution in [0.1, 0.15) is 12.0 Å². The van der Waals surface area contributed by atoms with Gasteiger partial charge in [0.15, 0.2) is 0 Å². The average Bonchev–Trinajstić information content (AvgIpc) is 3.31. The van der Waals surface area contributed by atoms with E-state index < -0.39 is 0 Å². The Balaban J connectivity index is 1.47. The first kappa shape index (κ1) is 15.6. The van der Waals surface area contributed by atoms with E-state index in [1.807, 2.05) is 47.9 Å². The lowest BCUT2D eigenvalue weighted by Crippen LogP contribution is -2.25. The number of aliphatic imine (C=N–C) groups is 1. The zero-order chi connectivity index (χ0) is 17.2. The zero-order valence-electron chi connectivity index (χ0n) is 13.5. The molecule has 1 aliphatic heterocycles. The molecule has 0 saturated carbocycles. The lowest BCUT2D eigenvalue weighted by Gasteiger charge is -2.13. The molecule has 0 bridgehead atoms. The van der Waals surface area contributed by atoms with Gasteiger partial charge in [0.1, 0.15) is 0 Å². The molecule has 2 heterocycles. The first-order valence-electron chi connectivity index (χ1n) is 8.06. The standard InChI is InChI=1S/C20H17N3OS/c21-17-6-5-14(19-2-1-9-25-19)10-16(17)12-23-20(24)15-4-3-13-7-8-22-18(13)11-15/h1-2,4-11H,3,12,21H2,(H,23,24). The van der Waals surface area contributed by atoms with E-state index in [4.69, 9.17) is 5.73 Å². The minimum absolute atomic E-state index is 0.102. The second-order valence-electron chi connectivity index (χ2n) is 5.94. The fraction of sp³-hybridized carbons (Fsp3) is 0.100. The van der Waals surface area contributed by atoms with E-state index >= 15 is 0 Å². The van der Waals surface area contributed by atoms with Crippen LogP contribution in [0.15, 0.2) is 75.8 Å². The molecule has 1 aromatic heterocycles. The Morgan fingerprint density at radius 3 is 3.08 bits per heavy atom. The van der Waals surface area contributed by atoms with Crippen LogP contribution < -0.4 is 11.1 Å². The van der Waals surface area contributed by atoms with Crippen LogP contribution in [0.4, 0.5) is 5.69 Å². The van der Waals surface area contributed by atoms with Gasteiger partial charge in [-0.3, -0.25) is 9.79 Å². The molecule has 0 unspecified atom stereocenters. The molecule has 1 aromatic carbocycles. The number of hydrogen-bond acceptors (Lipinski definition) is 4. The van der Waals surface area contributed by atoms with Gasteiger partial charge < -0.3 is 11.1 Å². The predicted molar refractivity (Wildman–Crippen MR) is 103 cm³/mol. The van der Waals surface area contributed by atoms with Crippen molar-refractivity contribution in [2.24, 2.45) is 4.99 Å². The van der Waals surface area contributed by atoms with Crippen LogP contribution in [0.2, 0.25) is 0 Å². The molecule has 2 aliphatic rings. The normalized spacial score (nSPS) is 15.3. The third kappa shape index (κ3) is 3.19. The Morgan fingerprint density at radius 2 is 2.24 bits per heavy atom. The van der Waals surface area contributed by atoms with Crippen LogP contribution in [-0.4, -0.2) is 12.1 Å². The highest BCUT2D eigenvalue weighted by Crippen LogP contribution is 2.28. The van der Waals surface area contributed by atoms with Crippen molar-refractivity contribution in [1.29, 1.82) is 0 Å². The smallest absolute Gasteiger partial charge is 0.251 e. The number of nitrogens with zero attached hydrogens (tertiary/aromatic N) is 1. The summed E-state index contributed by atoms with van der Waals surface area (Å²) in [6.45, 7) is 0.399. The van der Waals surface area contributed by atoms with Crippen molar-refractivity contribution in [2.45, 2.75) is 13.0 Å². The lowest BCUT2D eigenvalue weighted by atomic mass is 9.99. The average molecular weight is 347 g/mol. The highest BCUT2D eigenvalue weighted by Gasteiger charge is 2.17. The van der Waals surface area contributed by atoms with Gasteiger partial charge in [-0.15, -0.1) is 11.3 Å². The van der Waals surface area contributed by atoms with Gasteiger partial charge in [0.25, 0.3) is 5.91 Å². The van der Waals surface area contributed by atoms with E-state index in [-0.39, 0.29) is 5.91 Å². The number of nitrogen functional groups attached to an aromatic ring is 1. The predicted octanol–water partition coefficient (Wildman–Crippen LogP) is 3.84. The van der Waals surface area contributed by atoms with Gasteiger partial charge in [0, 0.05) is 28.9 Å². The fourth-order valence-corrected chi connectivity index (χ4v) is 3.62. The van der Waals surface area contributed by atoms with Crippen molar-refractivity contribution in [2.75, 3.05) is 5.73 Å². The molecule has 124 valence electrons. The molecular weight excluding hydrogens is 330 g/mol. The summed E-state index contributed by atoms with van der Waals surface area (Å²) >= 11 is 1.68. The number of nitrogens with two attached hydrogens (primary N) is 1. The summed E-state index contributed by atoms with van der Waals surface area (Å²) in [5.74, 6) is -0.102. The van der Waals surface area contributed by atoms with Crippen molar-refractivity contribution in [3.8, 4) is 10.4 Å². The minimum Gasteiger partial charge on any atom is -0.398 e. The molecule has 0 fully saturated rings. The molecular formula is C20H17N3OS. The summed E-state index contributed by atoms with van der Waals surface area (Å²) in [6.07, 6.45) is 8.26. The van der Waals surface area contributed by atoms with E-state index in [2.05, 4.69) is 16.4 Å². The second-order valence-corrected chi connectivity index (χ2v) is 6.88. The van der Waals surface area contributed by atoms with Crippen molar-refractivity contribution < 1.29 is 4.79 Å². The number of nitrogens with one attached hydrogen (secondary N) is 1. The number of hydrogen-bond donors (Lipinski definition) is 2. The quantitative estimate of drug-likeness (QED) is 0.825. The van der Waals surface area contributed by atoms with Gasteiger partial charge in [0.05, 0.1) is 5.70 Å². The molecule has 0 saturated heterocycles. The molecule has 25 heavy (non-hydrogen) atoms. The number of anilines is 1. The second kappa shape index (κ2) is 6.53. The van der Waals surface area contributed by atoms with Crippen molar-refractivity contribution in [3.05, 3.63) is 76.3 Å². The van der Waals surface area contributed by atoms with E-state index in [1.165, 1.54) is 4.88 Å². The van der Waals surface area contributed by atoms with Gasteiger partial charge in [-0.05, 0) is 58.9 Å². The maximum Gasteiger partial charge on any atom is 0.251 e. The van der Waals surface area contributed by atoms with Crippen LogP contribution in [0.3, 0.4) is 0 Å². The van der Waals surface area contributed by atoms with Crippen LogP contribution in [0, 0.1) is 0 Å². The van der Waals surface area contributed by atoms with Crippen LogP contribution in [-0.2, 0) is 11.3 Å². The number of allylic oxidation sites excluding steroid dienone is 3. The van der Waals surface area contributed by atoms with Crippen LogP contribution in [0.5, 0.6) is 0 Å². The summed E-state index contributed by atoms with van der Waals surface area (Å²) in [6, 6.07) is 10.0. The largest absolute Gasteiger partial charge is 0.398 e. The summed E-state index contributed by atoms with van der Waals surface area (Å²) in [5.41, 5.74) is 11.5. The topological polar surface area (TPSA) is 67.5 Å². The Hall–Kier alpha value is -2.92. The highest BCUT2D eigenvalue weighted by atomic mass is 32.1. The van der Waals surface area contributed by atoms with Crippen molar-refractivity contribution >= 4 is 29.1 Å². The SMILES string of the molecule is Nc1ccc(-c2cccs2)cc1CNC(=O)C1=CCC2=CC=NC2=C1. The Kier molecular flexibility index (Phi) is 4.07. The van der Waals surface area contributed by atoms with E-state index in [9.17, 15) is 4.79 Å². The zero-order valence-corrected chi connectivity index (χ0v) is 14.3. The minimum atomic E-state index is -0.102. The summed E-state index contributed by atoms with van der Waals surface area (Å²) in [4.78, 5) is 17.9. The maximum absolute atomic E-state index is 12.5.